The molecule has 0 aliphatic rings. The Labute approximate surface area is 114 Å². The van der Waals surface area contributed by atoms with Crippen molar-refractivity contribution < 1.29 is 9.59 Å². The minimum atomic E-state index is -0.257. The molecule has 98 valence electrons. The third kappa shape index (κ3) is 2.29. The van der Waals surface area contributed by atoms with E-state index in [4.69, 9.17) is 0 Å². The summed E-state index contributed by atoms with van der Waals surface area (Å²) in [7, 11) is 0. The monoisotopic (exact) mass is 265 g/mol. The number of fused-ring (bicyclic) bond motifs is 1. The second-order valence-corrected chi connectivity index (χ2v) is 4.37. The SMILES string of the molecule is O=Cc1cccc(C(=O)Nc2ccc3cn[nH]c3c2)c1. The van der Waals surface area contributed by atoms with Gasteiger partial charge in [-0.1, -0.05) is 12.1 Å². The van der Waals surface area contributed by atoms with Gasteiger partial charge in [-0.3, -0.25) is 14.7 Å². The van der Waals surface area contributed by atoms with Crippen LogP contribution in [0.2, 0.25) is 0 Å². The Morgan fingerprint density at radius 1 is 1.20 bits per heavy atom. The second kappa shape index (κ2) is 4.97. The number of anilines is 1. The van der Waals surface area contributed by atoms with E-state index in [1.807, 2.05) is 12.1 Å². The summed E-state index contributed by atoms with van der Waals surface area (Å²) in [6.07, 6.45) is 2.43. The van der Waals surface area contributed by atoms with Crippen molar-refractivity contribution in [3.05, 3.63) is 59.8 Å². The second-order valence-electron chi connectivity index (χ2n) is 4.37. The van der Waals surface area contributed by atoms with Crippen molar-refractivity contribution in [2.45, 2.75) is 0 Å². The molecule has 0 unspecified atom stereocenters. The largest absolute Gasteiger partial charge is 0.322 e. The van der Waals surface area contributed by atoms with Crippen molar-refractivity contribution in [3.8, 4) is 0 Å². The first-order valence-electron chi connectivity index (χ1n) is 6.06. The molecule has 1 amide bonds. The average molecular weight is 265 g/mol. The zero-order valence-electron chi connectivity index (χ0n) is 10.5. The van der Waals surface area contributed by atoms with Crippen LogP contribution in [0.15, 0.2) is 48.7 Å². The molecule has 0 atom stereocenters. The molecule has 0 radical (unpaired) electrons. The minimum Gasteiger partial charge on any atom is -0.322 e. The van der Waals surface area contributed by atoms with E-state index >= 15 is 0 Å². The highest BCUT2D eigenvalue weighted by Gasteiger charge is 2.07. The number of aldehydes is 1. The number of hydrogen-bond donors (Lipinski definition) is 2. The van der Waals surface area contributed by atoms with Gasteiger partial charge in [-0.25, -0.2) is 0 Å². The van der Waals surface area contributed by atoms with Gasteiger partial charge in [-0.2, -0.15) is 5.10 Å². The molecule has 2 N–H and O–H groups in total. The van der Waals surface area contributed by atoms with E-state index in [9.17, 15) is 9.59 Å². The van der Waals surface area contributed by atoms with E-state index in [2.05, 4.69) is 15.5 Å². The summed E-state index contributed by atoms with van der Waals surface area (Å²) < 4.78 is 0. The van der Waals surface area contributed by atoms with E-state index in [0.29, 0.717) is 23.1 Å². The van der Waals surface area contributed by atoms with Crippen molar-refractivity contribution in [3.63, 3.8) is 0 Å². The first-order chi connectivity index (χ1) is 9.76. The van der Waals surface area contributed by atoms with E-state index in [1.54, 1.807) is 36.5 Å². The number of hydrogen-bond acceptors (Lipinski definition) is 3. The lowest BCUT2D eigenvalue weighted by atomic mass is 10.1. The van der Waals surface area contributed by atoms with Crippen molar-refractivity contribution in [2.75, 3.05) is 5.32 Å². The summed E-state index contributed by atoms with van der Waals surface area (Å²) in [5.41, 5.74) is 2.44. The summed E-state index contributed by atoms with van der Waals surface area (Å²) in [6, 6.07) is 12.0. The Bertz CT molecular complexity index is 792. The van der Waals surface area contributed by atoms with E-state index in [1.165, 1.54) is 0 Å². The Morgan fingerprint density at radius 2 is 2.10 bits per heavy atom. The van der Waals surface area contributed by atoms with E-state index in [0.717, 1.165) is 10.9 Å². The first-order valence-corrected chi connectivity index (χ1v) is 6.06. The number of rotatable bonds is 3. The van der Waals surface area contributed by atoms with Crippen LogP contribution >= 0.6 is 0 Å². The van der Waals surface area contributed by atoms with Crippen LogP contribution in [0.1, 0.15) is 20.7 Å². The number of carbonyl (C=O) groups excluding carboxylic acids is 2. The van der Waals surface area contributed by atoms with Crippen LogP contribution in [0, 0.1) is 0 Å². The maximum absolute atomic E-state index is 12.1. The fraction of sp³-hybridized carbons (Fsp3) is 0. The molecule has 20 heavy (non-hydrogen) atoms. The molecule has 1 heterocycles. The number of H-pyrrole nitrogens is 1. The highest BCUT2D eigenvalue weighted by molar-refractivity contribution is 6.05. The fourth-order valence-electron chi connectivity index (χ4n) is 1.97. The van der Waals surface area contributed by atoms with Crippen molar-refractivity contribution in [2.24, 2.45) is 0 Å². The van der Waals surface area contributed by atoms with Gasteiger partial charge in [0.2, 0.25) is 0 Å². The van der Waals surface area contributed by atoms with Gasteiger partial charge in [-0.15, -0.1) is 0 Å². The third-order valence-corrected chi connectivity index (χ3v) is 2.98. The van der Waals surface area contributed by atoms with Gasteiger partial charge in [0.25, 0.3) is 5.91 Å². The van der Waals surface area contributed by atoms with Crippen molar-refractivity contribution in [1.82, 2.24) is 10.2 Å². The lowest BCUT2D eigenvalue weighted by Gasteiger charge is -2.05. The van der Waals surface area contributed by atoms with Gasteiger partial charge in [-0.05, 0) is 30.3 Å². The van der Waals surface area contributed by atoms with Crippen LogP contribution in [-0.2, 0) is 0 Å². The van der Waals surface area contributed by atoms with Gasteiger partial charge in [0, 0.05) is 22.2 Å². The predicted molar refractivity (Wildman–Crippen MR) is 75.9 cm³/mol. The summed E-state index contributed by atoms with van der Waals surface area (Å²) >= 11 is 0. The van der Waals surface area contributed by atoms with Crippen molar-refractivity contribution >= 4 is 28.8 Å². The van der Waals surface area contributed by atoms with Gasteiger partial charge in [0.05, 0.1) is 11.7 Å². The Kier molecular flexibility index (Phi) is 3.01. The summed E-state index contributed by atoms with van der Waals surface area (Å²) in [4.78, 5) is 22.8. The number of aromatic nitrogens is 2. The smallest absolute Gasteiger partial charge is 0.255 e. The molecule has 5 heteroatoms. The number of benzene rings is 2. The number of nitrogens with zero attached hydrogens (tertiary/aromatic N) is 1. The zero-order valence-corrected chi connectivity index (χ0v) is 10.5. The average Bonchev–Trinajstić information content (AvgIpc) is 2.95. The summed E-state index contributed by atoms with van der Waals surface area (Å²) in [5.74, 6) is -0.257. The molecular weight excluding hydrogens is 254 g/mol. The molecule has 0 bridgehead atoms. The first kappa shape index (κ1) is 12.1. The van der Waals surface area contributed by atoms with Gasteiger partial charge in [0.1, 0.15) is 6.29 Å². The predicted octanol–water partition coefficient (Wildman–Crippen LogP) is 2.63. The van der Waals surface area contributed by atoms with Crippen LogP contribution in [-0.4, -0.2) is 22.4 Å². The minimum absolute atomic E-state index is 0.257. The summed E-state index contributed by atoms with van der Waals surface area (Å²) in [6.45, 7) is 0. The molecule has 1 aromatic heterocycles. The number of carbonyl (C=O) groups is 2. The van der Waals surface area contributed by atoms with Gasteiger partial charge >= 0.3 is 0 Å². The number of aromatic amines is 1. The Morgan fingerprint density at radius 3 is 2.95 bits per heavy atom. The Balaban J connectivity index is 1.85. The van der Waals surface area contributed by atoms with E-state index < -0.39 is 0 Å². The van der Waals surface area contributed by atoms with Crippen LogP contribution in [0.5, 0.6) is 0 Å². The molecule has 0 saturated carbocycles. The van der Waals surface area contributed by atoms with Crippen LogP contribution in [0.25, 0.3) is 10.9 Å². The number of nitrogens with one attached hydrogen (secondary N) is 2. The molecule has 5 nitrogen and oxygen atoms in total. The molecule has 0 aliphatic heterocycles. The molecule has 0 saturated heterocycles. The third-order valence-electron chi connectivity index (χ3n) is 2.98. The highest BCUT2D eigenvalue weighted by Crippen LogP contribution is 2.17. The molecule has 3 rings (SSSR count). The maximum Gasteiger partial charge on any atom is 0.255 e. The molecule has 3 aromatic rings. The van der Waals surface area contributed by atoms with Crippen LogP contribution in [0.3, 0.4) is 0 Å². The van der Waals surface area contributed by atoms with Gasteiger partial charge < -0.3 is 5.32 Å². The quantitative estimate of drug-likeness (QED) is 0.715. The number of amides is 1. The van der Waals surface area contributed by atoms with E-state index in [-0.39, 0.29) is 5.91 Å². The Hall–Kier alpha value is -2.95. The van der Waals surface area contributed by atoms with Crippen LogP contribution in [0.4, 0.5) is 5.69 Å². The topological polar surface area (TPSA) is 74.8 Å². The zero-order chi connectivity index (χ0) is 13.9. The maximum atomic E-state index is 12.1. The molecular formula is C15H11N3O2. The molecule has 2 aromatic carbocycles. The molecule has 0 fully saturated rings. The fourth-order valence-corrected chi connectivity index (χ4v) is 1.97. The van der Waals surface area contributed by atoms with Crippen molar-refractivity contribution in [1.29, 1.82) is 0 Å². The molecule has 0 aliphatic carbocycles. The molecule has 0 spiro atoms. The standard InChI is InChI=1S/C15H11N3O2/c19-9-10-2-1-3-11(6-10)15(20)17-13-5-4-12-8-16-18-14(12)7-13/h1-9H,(H,16,18)(H,17,20). The normalized spacial score (nSPS) is 10.4. The summed E-state index contributed by atoms with van der Waals surface area (Å²) in [5, 5.41) is 10.5. The lowest BCUT2D eigenvalue weighted by molar-refractivity contribution is 0.102. The van der Waals surface area contributed by atoms with Crippen LogP contribution < -0.4 is 5.32 Å². The highest BCUT2D eigenvalue weighted by atomic mass is 16.1. The van der Waals surface area contributed by atoms with Gasteiger partial charge in [0.15, 0.2) is 0 Å². The lowest BCUT2D eigenvalue weighted by Crippen LogP contribution is -2.12.